The van der Waals surface area contributed by atoms with E-state index < -0.39 is 5.91 Å². The summed E-state index contributed by atoms with van der Waals surface area (Å²) in [5, 5.41) is 12.9. The molecular formula is C21H20Cl2N2O2. The second kappa shape index (κ2) is 9.45. The van der Waals surface area contributed by atoms with Gasteiger partial charge in [-0.3, -0.25) is 4.79 Å². The Bertz CT molecular complexity index is 898. The predicted octanol–water partition coefficient (Wildman–Crippen LogP) is 5.88. The Morgan fingerprint density at radius 1 is 1.26 bits per heavy atom. The lowest BCUT2D eigenvalue weighted by Gasteiger charge is -2.14. The first-order valence-corrected chi connectivity index (χ1v) is 9.17. The highest BCUT2D eigenvalue weighted by atomic mass is 35.5. The van der Waals surface area contributed by atoms with E-state index >= 15 is 0 Å². The van der Waals surface area contributed by atoms with Crippen molar-refractivity contribution in [1.29, 1.82) is 5.26 Å². The molecule has 0 fully saturated rings. The van der Waals surface area contributed by atoms with Crippen LogP contribution in [0.15, 0.2) is 42.0 Å². The first-order chi connectivity index (χ1) is 12.8. The fraction of sp³-hybridized carbons (Fsp3) is 0.238. The third-order valence-corrected chi connectivity index (χ3v) is 4.07. The van der Waals surface area contributed by atoms with E-state index in [4.69, 9.17) is 27.9 Å². The standard InChI is InChI=1S/C21H20Cl2N2O2/c1-13(2)12-27-20-15(9-17(22)10-19(20)23)8-16(11-24)21(26)25-18-6-4-14(3)5-7-18/h4-10,13H,12H2,1-3H3,(H,25,26)/b16-8+. The topological polar surface area (TPSA) is 62.1 Å². The fourth-order valence-corrected chi connectivity index (χ4v) is 2.79. The summed E-state index contributed by atoms with van der Waals surface area (Å²) < 4.78 is 5.76. The molecule has 0 unspecified atom stereocenters. The lowest BCUT2D eigenvalue weighted by Crippen LogP contribution is -2.13. The Balaban J connectivity index is 2.34. The van der Waals surface area contributed by atoms with Gasteiger partial charge in [0.15, 0.2) is 0 Å². The molecule has 0 heterocycles. The highest BCUT2D eigenvalue weighted by Gasteiger charge is 2.15. The van der Waals surface area contributed by atoms with Gasteiger partial charge in [-0.05, 0) is 43.2 Å². The average molecular weight is 403 g/mol. The van der Waals surface area contributed by atoms with Gasteiger partial charge in [0, 0.05) is 16.3 Å². The van der Waals surface area contributed by atoms with E-state index in [0.29, 0.717) is 33.7 Å². The van der Waals surface area contributed by atoms with E-state index in [9.17, 15) is 10.1 Å². The molecule has 2 rings (SSSR count). The summed E-state index contributed by atoms with van der Waals surface area (Å²) in [5.74, 6) is 0.159. The molecule has 0 radical (unpaired) electrons. The van der Waals surface area contributed by atoms with Gasteiger partial charge in [-0.25, -0.2) is 0 Å². The van der Waals surface area contributed by atoms with Crippen LogP contribution in [0.25, 0.3) is 6.08 Å². The largest absolute Gasteiger partial charge is 0.491 e. The molecule has 27 heavy (non-hydrogen) atoms. The summed E-state index contributed by atoms with van der Waals surface area (Å²) in [5.41, 5.74) is 2.07. The molecule has 0 aliphatic rings. The van der Waals surface area contributed by atoms with Crippen LogP contribution in [0.1, 0.15) is 25.0 Å². The number of ether oxygens (including phenoxy) is 1. The van der Waals surface area contributed by atoms with E-state index in [2.05, 4.69) is 5.32 Å². The van der Waals surface area contributed by atoms with Crippen molar-refractivity contribution in [2.75, 3.05) is 11.9 Å². The third kappa shape index (κ3) is 6.02. The molecule has 140 valence electrons. The predicted molar refractivity (Wildman–Crippen MR) is 110 cm³/mol. The third-order valence-electron chi connectivity index (χ3n) is 3.57. The number of nitriles is 1. The molecule has 2 aromatic carbocycles. The van der Waals surface area contributed by atoms with Crippen molar-refractivity contribution in [2.24, 2.45) is 5.92 Å². The summed E-state index contributed by atoms with van der Waals surface area (Å²) >= 11 is 12.3. The Kier molecular flexibility index (Phi) is 7.29. The molecule has 6 heteroatoms. The number of halogens is 2. The zero-order chi connectivity index (χ0) is 20.0. The van der Waals surface area contributed by atoms with Gasteiger partial charge in [0.1, 0.15) is 17.4 Å². The normalized spacial score (nSPS) is 11.2. The minimum absolute atomic E-state index is 0.0803. The Morgan fingerprint density at radius 2 is 1.93 bits per heavy atom. The van der Waals surface area contributed by atoms with Gasteiger partial charge >= 0.3 is 0 Å². The van der Waals surface area contributed by atoms with Crippen LogP contribution in [-0.2, 0) is 4.79 Å². The van der Waals surface area contributed by atoms with Crippen molar-refractivity contribution in [3.8, 4) is 11.8 Å². The van der Waals surface area contributed by atoms with Crippen LogP contribution in [0, 0.1) is 24.2 Å². The molecule has 0 aromatic heterocycles. The van der Waals surface area contributed by atoms with E-state index in [-0.39, 0.29) is 11.5 Å². The minimum atomic E-state index is -0.521. The number of benzene rings is 2. The lowest BCUT2D eigenvalue weighted by atomic mass is 10.1. The molecule has 0 saturated heterocycles. The Hall–Kier alpha value is -2.48. The van der Waals surface area contributed by atoms with Gasteiger partial charge in [-0.15, -0.1) is 0 Å². The molecule has 0 aliphatic heterocycles. The maximum atomic E-state index is 12.5. The van der Waals surface area contributed by atoms with E-state index in [1.165, 1.54) is 6.08 Å². The molecular weight excluding hydrogens is 383 g/mol. The highest BCUT2D eigenvalue weighted by molar-refractivity contribution is 6.36. The maximum Gasteiger partial charge on any atom is 0.266 e. The molecule has 1 amide bonds. The summed E-state index contributed by atoms with van der Waals surface area (Å²) in [6.07, 6.45) is 1.43. The van der Waals surface area contributed by atoms with E-state index in [1.807, 2.05) is 39.0 Å². The van der Waals surface area contributed by atoms with Crippen LogP contribution in [-0.4, -0.2) is 12.5 Å². The van der Waals surface area contributed by atoms with Crippen LogP contribution in [0.4, 0.5) is 5.69 Å². The number of aryl methyl sites for hydroxylation is 1. The summed E-state index contributed by atoms with van der Waals surface area (Å²) in [6.45, 7) is 6.41. The average Bonchev–Trinajstić information content (AvgIpc) is 2.60. The van der Waals surface area contributed by atoms with Crippen LogP contribution in [0.3, 0.4) is 0 Å². The van der Waals surface area contributed by atoms with Crippen molar-refractivity contribution in [3.05, 3.63) is 63.1 Å². The molecule has 0 atom stereocenters. The van der Waals surface area contributed by atoms with Crippen LogP contribution < -0.4 is 10.1 Å². The van der Waals surface area contributed by atoms with Gasteiger partial charge in [-0.1, -0.05) is 54.7 Å². The fourth-order valence-electron chi connectivity index (χ4n) is 2.23. The number of hydrogen-bond donors (Lipinski definition) is 1. The monoisotopic (exact) mass is 402 g/mol. The van der Waals surface area contributed by atoms with Crippen LogP contribution in [0.5, 0.6) is 5.75 Å². The Morgan fingerprint density at radius 3 is 2.52 bits per heavy atom. The number of amides is 1. The first kappa shape index (κ1) is 20.8. The zero-order valence-electron chi connectivity index (χ0n) is 15.3. The van der Waals surface area contributed by atoms with Gasteiger partial charge < -0.3 is 10.1 Å². The number of carbonyl (C=O) groups is 1. The molecule has 4 nitrogen and oxygen atoms in total. The Labute approximate surface area is 169 Å². The van der Waals surface area contributed by atoms with Crippen molar-refractivity contribution in [3.63, 3.8) is 0 Å². The summed E-state index contributed by atoms with van der Waals surface area (Å²) in [7, 11) is 0. The second-order valence-electron chi connectivity index (χ2n) is 6.50. The zero-order valence-corrected chi connectivity index (χ0v) is 16.9. The van der Waals surface area contributed by atoms with Crippen LogP contribution >= 0.6 is 23.2 Å². The molecule has 0 spiro atoms. The van der Waals surface area contributed by atoms with Crippen molar-refractivity contribution in [2.45, 2.75) is 20.8 Å². The van der Waals surface area contributed by atoms with Crippen molar-refractivity contribution in [1.82, 2.24) is 0 Å². The van der Waals surface area contributed by atoms with Gasteiger partial charge in [0.25, 0.3) is 5.91 Å². The number of nitrogens with one attached hydrogen (secondary N) is 1. The van der Waals surface area contributed by atoms with Gasteiger partial charge in [0.2, 0.25) is 0 Å². The van der Waals surface area contributed by atoms with Gasteiger partial charge in [-0.2, -0.15) is 5.26 Å². The SMILES string of the molecule is Cc1ccc(NC(=O)/C(C#N)=C/c2cc(Cl)cc(Cl)c2OCC(C)C)cc1. The number of carbonyl (C=O) groups excluding carboxylic acids is 1. The van der Waals surface area contributed by atoms with Crippen molar-refractivity contribution < 1.29 is 9.53 Å². The number of rotatable bonds is 6. The van der Waals surface area contributed by atoms with Crippen LogP contribution in [0.2, 0.25) is 10.0 Å². The summed E-state index contributed by atoms with van der Waals surface area (Å²) in [6, 6.07) is 12.4. The van der Waals surface area contributed by atoms with E-state index in [0.717, 1.165) is 5.56 Å². The molecule has 0 bridgehead atoms. The molecule has 1 N–H and O–H groups in total. The number of hydrogen-bond acceptors (Lipinski definition) is 3. The quantitative estimate of drug-likeness (QED) is 0.484. The molecule has 0 aliphatic carbocycles. The van der Waals surface area contributed by atoms with E-state index in [1.54, 1.807) is 24.3 Å². The smallest absolute Gasteiger partial charge is 0.266 e. The number of nitrogens with zero attached hydrogens (tertiary/aromatic N) is 1. The number of anilines is 1. The molecule has 2 aromatic rings. The van der Waals surface area contributed by atoms with Gasteiger partial charge in [0.05, 0.1) is 11.6 Å². The second-order valence-corrected chi connectivity index (χ2v) is 7.34. The highest BCUT2D eigenvalue weighted by Crippen LogP contribution is 2.34. The minimum Gasteiger partial charge on any atom is -0.491 e. The van der Waals surface area contributed by atoms with Crippen molar-refractivity contribution >= 4 is 40.9 Å². The maximum absolute atomic E-state index is 12.5. The lowest BCUT2D eigenvalue weighted by molar-refractivity contribution is -0.112. The summed E-state index contributed by atoms with van der Waals surface area (Å²) in [4.78, 5) is 12.5. The molecule has 0 saturated carbocycles. The first-order valence-electron chi connectivity index (χ1n) is 8.41.